The Morgan fingerprint density at radius 3 is 2.67 bits per heavy atom. The third-order valence-electron chi connectivity index (χ3n) is 2.66. The minimum absolute atomic E-state index is 0.277. The van der Waals surface area contributed by atoms with Crippen LogP contribution in [0.15, 0.2) is 46.9 Å². The van der Waals surface area contributed by atoms with Crippen molar-refractivity contribution < 1.29 is 9.50 Å². The van der Waals surface area contributed by atoms with Gasteiger partial charge in [-0.2, -0.15) is 0 Å². The standard InChI is InChI=1S/C14H11BrFIO/c15-11-5-4-9(13(16)8-11)7-14(18)10-2-1-3-12(17)6-10/h1-6,8,14,18H,7H2. The van der Waals surface area contributed by atoms with Crippen LogP contribution in [0.3, 0.4) is 0 Å². The Balaban J connectivity index is 2.18. The first kappa shape index (κ1) is 14.0. The summed E-state index contributed by atoms with van der Waals surface area (Å²) in [5.41, 5.74) is 1.33. The van der Waals surface area contributed by atoms with Crippen LogP contribution < -0.4 is 0 Å². The number of aliphatic hydroxyl groups excluding tert-OH is 1. The number of hydrogen-bond acceptors (Lipinski definition) is 1. The maximum absolute atomic E-state index is 13.7. The Labute approximate surface area is 127 Å². The van der Waals surface area contributed by atoms with E-state index in [1.807, 2.05) is 24.3 Å². The van der Waals surface area contributed by atoms with Crippen LogP contribution in [0.25, 0.3) is 0 Å². The molecule has 0 fully saturated rings. The lowest BCUT2D eigenvalue weighted by molar-refractivity contribution is 0.177. The lowest BCUT2D eigenvalue weighted by atomic mass is 10.0. The molecular weight excluding hydrogens is 410 g/mol. The van der Waals surface area contributed by atoms with Gasteiger partial charge in [0, 0.05) is 14.5 Å². The van der Waals surface area contributed by atoms with Gasteiger partial charge in [0.1, 0.15) is 5.82 Å². The average molecular weight is 421 g/mol. The van der Waals surface area contributed by atoms with Gasteiger partial charge < -0.3 is 5.11 Å². The summed E-state index contributed by atoms with van der Waals surface area (Å²) in [6.45, 7) is 0. The summed E-state index contributed by atoms with van der Waals surface area (Å²) >= 11 is 5.40. The smallest absolute Gasteiger partial charge is 0.127 e. The second kappa shape index (κ2) is 6.12. The van der Waals surface area contributed by atoms with Crippen LogP contribution in [0.4, 0.5) is 4.39 Å². The summed E-state index contributed by atoms with van der Waals surface area (Å²) in [5.74, 6) is -0.297. The van der Waals surface area contributed by atoms with E-state index in [2.05, 4.69) is 38.5 Å². The molecule has 94 valence electrons. The highest BCUT2D eigenvalue weighted by Crippen LogP contribution is 2.23. The molecule has 0 aliphatic rings. The fourth-order valence-electron chi connectivity index (χ4n) is 1.73. The number of benzene rings is 2. The van der Waals surface area contributed by atoms with E-state index in [-0.39, 0.29) is 12.2 Å². The Morgan fingerprint density at radius 2 is 2.00 bits per heavy atom. The molecule has 1 N–H and O–H groups in total. The van der Waals surface area contributed by atoms with Gasteiger partial charge in [-0.1, -0.05) is 34.1 Å². The maximum atomic E-state index is 13.7. The molecule has 0 spiro atoms. The quantitative estimate of drug-likeness (QED) is 0.726. The van der Waals surface area contributed by atoms with Crippen LogP contribution in [0, 0.1) is 9.39 Å². The predicted octanol–water partition coefficient (Wildman–Crippen LogP) is 4.47. The zero-order chi connectivity index (χ0) is 13.1. The second-order valence-electron chi connectivity index (χ2n) is 4.01. The molecular formula is C14H11BrFIO. The van der Waals surface area contributed by atoms with Crippen molar-refractivity contribution in [1.29, 1.82) is 0 Å². The first-order chi connectivity index (χ1) is 8.56. The molecule has 1 unspecified atom stereocenters. The molecule has 0 aromatic heterocycles. The summed E-state index contributed by atoms with van der Waals surface area (Å²) in [6.07, 6.45) is -0.408. The highest BCUT2D eigenvalue weighted by atomic mass is 127. The number of rotatable bonds is 3. The van der Waals surface area contributed by atoms with E-state index in [0.717, 1.165) is 9.13 Å². The summed E-state index contributed by atoms with van der Waals surface area (Å²) in [5, 5.41) is 10.1. The van der Waals surface area contributed by atoms with E-state index in [1.165, 1.54) is 6.07 Å². The Bertz CT molecular complexity index is 559. The fraction of sp³-hybridized carbons (Fsp3) is 0.143. The summed E-state index contributed by atoms with van der Waals surface area (Å²) in [4.78, 5) is 0. The van der Waals surface area contributed by atoms with Crippen molar-refractivity contribution >= 4 is 38.5 Å². The van der Waals surface area contributed by atoms with Gasteiger partial charge >= 0.3 is 0 Å². The van der Waals surface area contributed by atoms with Gasteiger partial charge in [0.25, 0.3) is 0 Å². The molecule has 1 atom stereocenters. The molecule has 0 bridgehead atoms. The van der Waals surface area contributed by atoms with Gasteiger partial charge in [-0.05, 0) is 58.0 Å². The monoisotopic (exact) mass is 420 g/mol. The number of hydrogen-bond donors (Lipinski definition) is 1. The van der Waals surface area contributed by atoms with Crippen LogP contribution >= 0.6 is 38.5 Å². The SMILES string of the molecule is OC(Cc1ccc(Br)cc1F)c1cccc(I)c1. The minimum atomic E-state index is -0.685. The van der Waals surface area contributed by atoms with Crippen molar-refractivity contribution in [2.75, 3.05) is 0 Å². The van der Waals surface area contributed by atoms with Crippen LogP contribution in [-0.2, 0) is 6.42 Å². The van der Waals surface area contributed by atoms with Crippen molar-refractivity contribution in [3.8, 4) is 0 Å². The predicted molar refractivity (Wildman–Crippen MR) is 81.9 cm³/mol. The lowest BCUT2D eigenvalue weighted by Gasteiger charge is -2.12. The van der Waals surface area contributed by atoms with Gasteiger partial charge in [0.15, 0.2) is 0 Å². The molecule has 0 amide bonds. The third kappa shape index (κ3) is 3.52. The van der Waals surface area contributed by atoms with Crippen LogP contribution in [0.2, 0.25) is 0 Å². The summed E-state index contributed by atoms with van der Waals surface area (Å²) < 4.78 is 15.4. The molecule has 1 nitrogen and oxygen atoms in total. The van der Waals surface area contributed by atoms with E-state index in [1.54, 1.807) is 12.1 Å². The topological polar surface area (TPSA) is 20.2 Å². The molecule has 0 saturated carbocycles. The van der Waals surface area contributed by atoms with E-state index < -0.39 is 6.10 Å². The van der Waals surface area contributed by atoms with Crippen LogP contribution in [-0.4, -0.2) is 5.11 Å². The molecule has 0 heterocycles. The van der Waals surface area contributed by atoms with Gasteiger partial charge in [-0.3, -0.25) is 0 Å². The van der Waals surface area contributed by atoms with E-state index in [4.69, 9.17) is 0 Å². The molecule has 0 aliphatic heterocycles. The molecule has 18 heavy (non-hydrogen) atoms. The minimum Gasteiger partial charge on any atom is -0.388 e. The Hall–Kier alpha value is -0.460. The summed E-state index contributed by atoms with van der Waals surface area (Å²) in [7, 11) is 0. The van der Waals surface area contributed by atoms with Crippen LogP contribution in [0.5, 0.6) is 0 Å². The largest absolute Gasteiger partial charge is 0.388 e. The van der Waals surface area contributed by atoms with Crippen molar-refractivity contribution in [2.24, 2.45) is 0 Å². The fourth-order valence-corrected chi connectivity index (χ4v) is 2.63. The molecule has 2 rings (SSSR count). The van der Waals surface area contributed by atoms with E-state index in [0.29, 0.717) is 10.0 Å². The third-order valence-corrected chi connectivity index (χ3v) is 3.83. The number of halogens is 3. The molecule has 2 aromatic carbocycles. The zero-order valence-electron chi connectivity index (χ0n) is 9.41. The van der Waals surface area contributed by atoms with Gasteiger partial charge in [-0.15, -0.1) is 0 Å². The van der Waals surface area contributed by atoms with Crippen molar-refractivity contribution in [3.63, 3.8) is 0 Å². The first-order valence-corrected chi connectivity index (χ1v) is 7.31. The highest BCUT2D eigenvalue weighted by molar-refractivity contribution is 14.1. The molecule has 4 heteroatoms. The van der Waals surface area contributed by atoms with Crippen molar-refractivity contribution in [2.45, 2.75) is 12.5 Å². The normalized spacial score (nSPS) is 12.4. The van der Waals surface area contributed by atoms with Crippen LogP contribution in [0.1, 0.15) is 17.2 Å². The molecule has 2 aromatic rings. The van der Waals surface area contributed by atoms with Gasteiger partial charge in [-0.25, -0.2) is 4.39 Å². The Kier molecular flexibility index (Phi) is 4.75. The first-order valence-electron chi connectivity index (χ1n) is 5.44. The zero-order valence-corrected chi connectivity index (χ0v) is 13.2. The van der Waals surface area contributed by atoms with E-state index in [9.17, 15) is 9.50 Å². The van der Waals surface area contributed by atoms with Crippen molar-refractivity contribution in [3.05, 3.63) is 67.5 Å². The lowest BCUT2D eigenvalue weighted by Crippen LogP contribution is -2.03. The van der Waals surface area contributed by atoms with Gasteiger partial charge in [0.05, 0.1) is 6.10 Å². The number of aliphatic hydroxyl groups is 1. The molecule has 0 saturated heterocycles. The highest BCUT2D eigenvalue weighted by Gasteiger charge is 2.12. The Morgan fingerprint density at radius 1 is 1.22 bits per heavy atom. The maximum Gasteiger partial charge on any atom is 0.127 e. The average Bonchev–Trinajstić information content (AvgIpc) is 2.32. The molecule has 0 radical (unpaired) electrons. The molecule has 0 aliphatic carbocycles. The van der Waals surface area contributed by atoms with E-state index >= 15 is 0 Å². The van der Waals surface area contributed by atoms with Gasteiger partial charge in [0.2, 0.25) is 0 Å². The second-order valence-corrected chi connectivity index (χ2v) is 6.17. The van der Waals surface area contributed by atoms with Crippen molar-refractivity contribution in [1.82, 2.24) is 0 Å². The summed E-state index contributed by atoms with van der Waals surface area (Å²) in [6, 6.07) is 12.5.